The maximum Gasteiger partial charge on any atom is 0.293 e. The van der Waals surface area contributed by atoms with Gasteiger partial charge in [0.05, 0.1) is 6.26 Å². The number of sulfonamides is 1. The van der Waals surface area contributed by atoms with Gasteiger partial charge in [-0.3, -0.25) is 4.79 Å². The lowest BCUT2D eigenvalue weighted by Gasteiger charge is -2.17. The van der Waals surface area contributed by atoms with Crippen molar-refractivity contribution in [2.45, 2.75) is 32.2 Å². The number of nitrogens with zero attached hydrogens (tertiary/aromatic N) is 3. The van der Waals surface area contributed by atoms with Gasteiger partial charge in [-0.05, 0) is 19.3 Å². The van der Waals surface area contributed by atoms with Crippen LogP contribution in [-0.4, -0.2) is 48.2 Å². The lowest BCUT2D eigenvalue weighted by atomic mass is 10.4. The highest BCUT2D eigenvalue weighted by Crippen LogP contribution is 2.33. The largest absolute Gasteiger partial charge is 0.365 e. The van der Waals surface area contributed by atoms with Gasteiger partial charge >= 0.3 is 0 Å². The molecule has 21 heavy (non-hydrogen) atoms. The van der Waals surface area contributed by atoms with Gasteiger partial charge in [-0.25, -0.2) is 17.7 Å². The molecule has 8 heteroatoms. The highest BCUT2D eigenvalue weighted by atomic mass is 32.2. The Labute approximate surface area is 125 Å². The SMILES string of the molecule is CCN(CCCNc1nccn(C2CC2)c1=O)S(C)(=O)=O. The number of anilines is 1. The van der Waals surface area contributed by atoms with Crippen molar-refractivity contribution in [2.24, 2.45) is 0 Å². The molecule has 0 atom stereocenters. The van der Waals surface area contributed by atoms with Crippen molar-refractivity contribution in [1.29, 1.82) is 0 Å². The van der Waals surface area contributed by atoms with Crippen LogP contribution in [0.3, 0.4) is 0 Å². The Morgan fingerprint density at radius 3 is 2.76 bits per heavy atom. The van der Waals surface area contributed by atoms with Crippen molar-refractivity contribution >= 4 is 15.8 Å². The summed E-state index contributed by atoms with van der Waals surface area (Å²) in [5.41, 5.74) is -0.101. The van der Waals surface area contributed by atoms with Gasteiger partial charge in [0.15, 0.2) is 5.82 Å². The molecule has 0 saturated heterocycles. The minimum atomic E-state index is -3.15. The first kappa shape index (κ1) is 16.0. The molecule has 0 amide bonds. The summed E-state index contributed by atoms with van der Waals surface area (Å²) in [5.74, 6) is 0.340. The molecule has 1 aliphatic rings. The van der Waals surface area contributed by atoms with Crippen LogP contribution in [0.25, 0.3) is 0 Å². The first-order valence-corrected chi connectivity index (χ1v) is 9.04. The zero-order valence-electron chi connectivity index (χ0n) is 12.4. The molecule has 0 radical (unpaired) electrons. The fourth-order valence-corrected chi connectivity index (χ4v) is 3.14. The third-order valence-corrected chi connectivity index (χ3v) is 4.89. The van der Waals surface area contributed by atoms with Crippen LogP contribution < -0.4 is 10.9 Å². The van der Waals surface area contributed by atoms with Crippen LogP contribution in [0.4, 0.5) is 5.82 Å². The molecule has 1 N–H and O–H groups in total. The van der Waals surface area contributed by atoms with E-state index in [0.29, 0.717) is 37.9 Å². The molecule has 1 aromatic rings. The second kappa shape index (κ2) is 6.57. The second-order valence-electron chi connectivity index (χ2n) is 5.25. The molecule has 2 rings (SSSR count). The Kier molecular flexibility index (Phi) is 5.00. The second-order valence-corrected chi connectivity index (χ2v) is 7.24. The Morgan fingerprint density at radius 2 is 2.19 bits per heavy atom. The lowest BCUT2D eigenvalue weighted by molar-refractivity contribution is 0.428. The Morgan fingerprint density at radius 1 is 1.48 bits per heavy atom. The topological polar surface area (TPSA) is 84.3 Å². The third kappa shape index (κ3) is 4.28. The molecule has 0 aromatic carbocycles. The summed E-state index contributed by atoms with van der Waals surface area (Å²) < 4.78 is 26.0. The van der Waals surface area contributed by atoms with E-state index in [0.717, 1.165) is 12.8 Å². The molecular weight excluding hydrogens is 292 g/mol. The van der Waals surface area contributed by atoms with Crippen LogP contribution in [0.5, 0.6) is 0 Å². The third-order valence-electron chi connectivity index (χ3n) is 3.51. The molecule has 0 aliphatic heterocycles. The van der Waals surface area contributed by atoms with Crippen molar-refractivity contribution in [3.63, 3.8) is 0 Å². The molecule has 118 valence electrons. The molecular formula is C13H22N4O3S. The van der Waals surface area contributed by atoms with Gasteiger partial charge in [0, 0.05) is 38.1 Å². The van der Waals surface area contributed by atoms with Crippen molar-refractivity contribution in [3.05, 3.63) is 22.7 Å². The number of nitrogens with one attached hydrogen (secondary N) is 1. The molecule has 1 aliphatic carbocycles. The summed E-state index contributed by atoms with van der Waals surface area (Å²) in [6, 6.07) is 0.321. The van der Waals surface area contributed by atoms with E-state index >= 15 is 0 Å². The minimum Gasteiger partial charge on any atom is -0.365 e. The summed E-state index contributed by atoms with van der Waals surface area (Å²) in [5, 5.41) is 3.00. The van der Waals surface area contributed by atoms with Gasteiger partial charge in [-0.1, -0.05) is 6.92 Å². The highest BCUT2D eigenvalue weighted by Gasteiger charge is 2.25. The van der Waals surface area contributed by atoms with E-state index in [-0.39, 0.29) is 5.56 Å². The zero-order valence-corrected chi connectivity index (χ0v) is 13.3. The zero-order chi connectivity index (χ0) is 15.5. The Bertz CT molecular complexity index is 637. The quantitative estimate of drug-likeness (QED) is 0.713. The molecule has 1 saturated carbocycles. The summed E-state index contributed by atoms with van der Waals surface area (Å²) in [6.45, 7) is 3.22. The standard InChI is InChI=1S/C13H22N4O3S/c1-3-16(21(2,19)20)9-4-7-14-12-13(18)17(10-8-15-12)11-5-6-11/h8,10-11H,3-7,9H2,1-2H3,(H,14,15). The normalized spacial score (nSPS) is 15.4. The molecule has 0 unspecified atom stereocenters. The number of aromatic nitrogens is 2. The number of hydrogen-bond acceptors (Lipinski definition) is 5. The van der Waals surface area contributed by atoms with E-state index < -0.39 is 10.0 Å². The van der Waals surface area contributed by atoms with E-state index in [4.69, 9.17) is 0 Å². The summed E-state index contributed by atoms with van der Waals surface area (Å²) >= 11 is 0. The lowest BCUT2D eigenvalue weighted by Crippen LogP contribution is -2.32. The van der Waals surface area contributed by atoms with E-state index in [2.05, 4.69) is 10.3 Å². The molecule has 0 bridgehead atoms. The monoisotopic (exact) mass is 314 g/mol. The summed E-state index contributed by atoms with van der Waals surface area (Å²) in [6.07, 6.45) is 7.26. The Balaban J connectivity index is 1.87. The maximum atomic E-state index is 12.1. The predicted octanol–water partition coefficient (Wildman–Crippen LogP) is 0.662. The van der Waals surface area contributed by atoms with Crippen LogP contribution in [-0.2, 0) is 10.0 Å². The molecule has 1 aromatic heterocycles. The summed E-state index contributed by atoms with van der Waals surface area (Å²) in [4.78, 5) is 16.2. The van der Waals surface area contributed by atoms with Gasteiger partial charge in [0.2, 0.25) is 10.0 Å². The van der Waals surface area contributed by atoms with E-state index in [1.54, 1.807) is 17.0 Å². The van der Waals surface area contributed by atoms with Crippen LogP contribution in [0, 0.1) is 0 Å². The summed E-state index contributed by atoms with van der Waals surface area (Å²) in [7, 11) is -3.15. The van der Waals surface area contributed by atoms with Crippen LogP contribution in [0.2, 0.25) is 0 Å². The van der Waals surface area contributed by atoms with Gasteiger partial charge < -0.3 is 9.88 Å². The van der Waals surface area contributed by atoms with Crippen molar-refractivity contribution < 1.29 is 8.42 Å². The molecule has 7 nitrogen and oxygen atoms in total. The first-order chi connectivity index (χ1) is 9.93. The van der Waals surface area contributed by atoms with Crippen molar-refractivity contribution in [3.8, 4) is 0 Å². The maximum absolute atomic E-state index is 12.1. The molecule has 0 spiro atoms. The minimum absolute atomic E-state index is 0.101. The van der Waals surface area contributed by atoms with E-state index in [1.165, 1.54) is 10.6 Å². The fourth-order valence-electron chi connectivity index (χ4n) is 2.21. The van der Waals surface area contributed by atoms with E-state index in [9.17, 15) is 13.2 Å². The van der Waals surface area contributed by atoms with Crippen molar-refractivity contribution in [2.75, 3.05) is 31.2 Å². The van der Waals surface area contributed by atoms with Crippen LogP contribution in [0.1, 0.15) is 32.2 Å². The number of rotatable bonds is 8. The highest BCUT2D eigenvalue weighted by molar-refractivity contribution is 7.88. The predicted molar refractivity (Wildman–Crippen MR) is 82.0 cm³/mol. The number of hydrogen-bond donors (Lipinski definition) is 1. The average Bonchev–Trinajstić information content (AvgIpc) is 3.23. The fraction of sp³-hybridized carbons (Fsp3) is 0.692. The van der Waals surface area contributed by atoms with Gasteiger partial charge in [0.25, 0.3) is 5.56 Å². The smallest absolute Gasteiger partial charge is 0.293 e. The van der Waals surface area contributed by atoms with Crippen LogP contribution in [0.15, 0.2) is 17.2 Å². The average molecular weight is 314 g/mol. The van der Waals surface area contributed by atoms with Gasteiger partial charge in [-0.15, -0.1) is 0 Å². The van der Waals surface area contributed by atoms with Crippen LogP contribution >= 0.6 is 0 Å². The van der Waals surface area contributed by atoms with Gasteiger partial charge in [0.1, 0.15) is 0 Å². The van der Waals surface area contributed by atoms with E-state index in [1.807, 2.05) is 6.92 Å². The molecule has 1 fully saturated rings. The Hall–Kier alpha value is -1.41. The first-order valence-electron chi connectivity index (χ1n) is 7.19. The van der Waals surface area contributed by atoms with Crippen molar-refractivity contribution in [1.82, 2.24) is 13.9 Å². The molecule has 1 heterocycles. The van der Waals surface area contributed by atoms with Gasteiger partial charge in [-0.2, -0.15) is 0 Å².